The summed E-state index contributed by atoms with van der Waals surface area (Å²) in [6, 6.07) is 77.0. The van der Waals surface area contributed by atoms with E-state index < -0.39 is 0 Å². The van der Waals surface area contributed by atoms with Gasteiger partial charge in [0.15, 0.2) is 0 Å². The zero-order valence-electron chi connectivity index (χ0n) is 33.6. The Morgan fingerprint density at radius 3 is 1.69 bits per heavy atom. The first-order valence-electron chi connectivity index (χ1n) is 21.2. The average Bonchev–Trinajstić information content (AvgIpc) is 3.96. The summed E-state index contributed by atoms with van der Waals surface area (Å²) >= 11 is 0. The number of hydrogen-bond acceptors (Lipinski definition) is 2. The van der Waals surface area contributed by atoms with E-state index in [0.29, 0.717) is 0 Å². The number of benzene rings is 10. The molecule has 3 nitrogen and oxygen atoms in total. The quantitative estimate of drug-likeness (QED) is 0.163. The number of aromatic nitrogens is 2. The molecular weight excluding hydrogens is 753 g/mol. The van der Waals surface area contributed by atoms with Gasteiger partial charge in [-0.1, -0.05) is 158 Å². The van der Waals surface area contributed by atoms with Crippen LogP contribution in [-0.2, 0) is 0 Å². The lowest BCUT2D eigenvalue weighted by molar-refractivity contribution is 0.617. The van der Waals surface area contributed by atoms with E-state index in [1.807, 2.05) is 6.07 Å². The van der Waals surface area contributed by atoms with Crippen molar-refractivity contribution in [3.63, 3.8) is 0 Å². The topological polar surface area (TPSA) is 31.0 Å². The van der Waals surface area contributed by atoms with Crippen molar-refractivity contribution >= 4 is 75.9 Å². The van der Waals surface area contributed by atoms with Crippen molar-refractivity contribution in [2.75, 3.05) is 0 Å². The van der Waals surface area contributed by atoms with E-state index >= 15 is 0 Å². The van der Waals surface area contributed by atoms with Crippen LogP contribution in [-0.4, -0.2) is 9.55 Å². The summed E-state index contributed by atoms with van der Waals surface area (Å²) in [5, 5.41) is 13.3. The highest BCUT2D eigenvalue weighted by Gasteiger charge is 2.20. The molecule has 0 saturated heterocycles. The molecule has 3 aromatic heterocycles. The first kappa shape index (κ1) is 34.6. The van der Waals surface area contributed by atoms with Gasteiger partial charge in [0.25, 0.3) is 0 Å². The molecule has 62 heavy (non-hydrogen) atoms. The molecule has 0 spiro atoms. The van der Waals surface area contributed by atoms with E-state index in [1.54, 1.807) is 6.26 Å². The third kappa shape index (κ3) is 5.42. The summed E-state index contributed by atoms with van der Waals surface area (Å²) in [5.74, 6) is 0. The monoisotopic (exact) mass is 788 g/mol. The van der Waals surface area contributed by atoms with Crippen LogP contribution in [0.25, 0.3) is 126 Å². The van der Waals surface area contributed by atoms with Gasteiger partial charge in [-0.05, 0) is 114 Å². The second-order valence-electron chi connectivity index (χ2n) is 16.3. The number of pyridine rings is 1. The molecule has 10 aromatic carbocycles. The number of hydrogen-bond donors (Lipinski definition) is 0. The SMILES string of the molecule is c1ccc(-c2cc(-n3c4ccc(-c5ccc6ccccc6c5)cc4c4cc5c6ccccc6c6ccc(-c7cccc8ccoc78)cc6c5cc43)cc(-c3ccccc3)n2)cc1. The largest absolute Gasteiger partial charge is 0.464 e. The third-order valence-corrected chi connectivity index (χ3v) is 12.8. The maximum Gasteiger partial charge on any atom is 0.141 e. The van der Waals surface area contributed by atoms with E-state index in [4.69, 9.17) is 9.40 Å². The first-order chi connectivity index (χ1) is 30.7. The van der Waals surface area contributed by atoms with E-state index in [9.17, 15) is 0 Å². The molecule has 13 rings (SSSR count). The Kier molecular flexibility index (Phi) is 7.60. The highest BCUT2D eigenvalue weighted by atomic mass is 16.3. The van der Waals surface area contributed by atoms with Crippen LogP contribution in [0, 0.1) is 0 Å². The van der Waals surface area contributed by atoms with E-state index in [1.165, 1.54) is 65.0 Å². The molecule has 0 fully saturated rings. The van der Waals surface area contributed by atoms with Crippen LogP contribution in [0.15, 0.2) is 223 Å². The van der Waals surface area contributed by atoms with Crippen molar-refractivity contribution in [3.8, 4) is 50.5 Å². The smallest absolute Gasteiger partial charge is 0.141 e. The number of furan rings is 1. The fraction of sp³-hybridized carbons (Fsp3) is 0. The Bertz CT molecular complexity index is 3860. The normalized spacial score (nSPS) is 11.9. The fourth-order valence-electron chi connectivity index (χ4n) is 9.84. The minimum atomic E-state index is 0.905. The van der Waals surface area contributed by atoms with Gasteiger partial charge >= 0.3 is 0 Å². The van der Waals surface area contributed by atoms with Crippen molar-refractivity contribution in [2.24, 2.45) is 0 Å². The highest BCUT2D eigenvalue weighted by molar-refractivity contribution is 6.29. The molecule has 0 unspecified atom stereocenters. The van der Waals surface area contributed by atoms with Crippen molar-refractivity contribution < 1.29 is 4.42 Å². The molecule has 3 heterocycles. The Morgan fingerprint density at radius 2 is 0.903 bits per heavy atom. The minimum Gasteiger partial charge on any atom is -0.464 e. The maximum atomic E-state index is 6.07. The summed E-state index contributed by atoms with van der Waals surface area (Å²) in [7, 11) is 0. The second-order valence-corrected chi connectivity index (χ2v) is 16.3. The van der Waals surface area contributed by atoms with Crippen molar-refractivity contribution in [2.45, 2.75) is 0 Å². The maximum absolute atomic E-state index is 6.07. The lowest BCUT2D eigenvalue weighted by Gasteiger charge is -2.15. The molecule has 0 aliphatic heterocycles. The van der Waals surface area contributed by atoms with Crippen molar-refractivity contribution in [1.29, 1.82) is 0 Å². The number of nitrogens with zero attached hydrogens (tertiary/aromatic N) is 2. The van der Waals surface area contributed by atoms with Gasteiger partial charge in [0.2, 0.25) is 0 Å². The highest BCUT2D eigenvalue weighted by Crippen LogP contribution is 2.44. The molecule has 13 aromatic rings. The Hall–Kier alpha value is -8.27. The van der Waals surface area contributed by atoms with Gasteiger partial charge in [-0.15, -0.1) is 0 Å². The van der Waals surface area contributed by atoms with Gasteiger partial charge in [-0.2, -0.15) is 0 Å². The third-order valence-electron chi connectivity index (χ3n) is 12.8. The molecule has 0 amide bonds. The van der Waals surface area contributed by atoms with Gasteiger partial charge < -0.3 is 8.98 Å². The first-order valence-corrected chi connectivity index (χ1v) is 21.2. The van der Waals surface area contributed by atoms with Gasteiger partial charge in [0.05, 0.1) is 34.4 Å². The lowest BCUT2D eigenvalue weighted by atomic mass is 9.91. The summed E-state index contributed by atoms with van der Waals surface area (Å²) < 4.78 is 8.53. The minimum absolute atomic E-state index is 0.905. The van der Waals surface area contributed by atoms with Crippen LogP contribution < -0.4 is 0 Å². The molecule has 0 aliphatic rings. The van der Waals surface area contributed by atoms with Gasteiger partial charge in [0.1, 0.15) is 5.58 Å². The number of rotatable bonds is 5. The van der Waals surface area contributed by atoms with Crippen LogP contribution in [0.1, 0.15) is 0 Å². The molecule has 0 bridgehead atoms. The zero-order chi connectivity index (χ0) is 40.7. The van der Waals surface area contributed by atoms with Gasteiger partial charge in [-0.25, -0.2) is 4.98 Å². The number of fused-ring (bicyclic) bond motifs is 11. The molecule has 0 radical (unpaired) electrons. The summed E-state index contributed by atoms with van der Waals surface area (Å²) in [6.07, 6.45) is 1.78. The summed E-state index contributed by atoms with van der Waals surface area (Å²) in [6.45, 7) is 0. The fourth-order valence-corrected chi connectivity index (χ4v) is 9.84. The predicted octanol–water partition coefficient (Wildman–Crippen LogP) is 16.2. The van der Waals surface area contributed by atoms with Crippen LogP contribution in [0.5, 0.6) is 0 Å². The van der Waals surface area contributed by atoms with Gasteiger partial charge in [0, 0.05) is 32.8 Å². The Labute approximate surface area is 357 Å². The van der Waals surface area contributed by atoms with Crippen LogP contribution in [0.2, 0.25) is 0 Å². The molecule has 0 atom stereocenters. The molecule has 0 aliphatic carbocycles. The van der Waals surface area contributed by atoms with Crippen molar-refractivity contribution in [1.82, 2.24) is 9.55 Å². The summed E-state index contributed by atoms with van der Waals surface area (Å²) in [4.78, 5) is 5.28. The van der Waals surface area contributed by atoms with E-state index in [-0.39, 0.29) is 0 Å². The van der Waals surface area contributed by atoms with Crippen molar-refractivity contribution in [3.05, 3.63) is 219 Å². The molecule has 288 valence electrons. The zero-order valence-corrected chi connectivity index (χ0v) is 33.6. The van der Waals surface area contributed by atoms with E-state index in [2.05, 4.69) is 211 Å². The number of para-hydroxylation sites is 1. The standard InChI is InChI=1S/C59H36N2O/c1-3-13-38(14-4-1)55-33-45(34-56(60-55)39-15-5-2-6-16-39)61-57-27-25-43(42-23-22-37-12-7-8-17-41(37)30-42)31-53(57)54-35-51-48-20-10-9-19-47(48)49-26-24-44(32-50(49)52(51)36-58(54)61)46-21-11-18-40-28-29-62-59(40)46/h1-36H. The predicted molar refractivity (Wildman–Crippen MR) is 260 cm³/mol. The lowest BCUT2D eigenvalue weighted by Crippen LogP contribution is -1.98. The van der Waals surface area contributed by atoms with Crippen LogP contribution in [0.3, 0.4) is 0 Å². The Balaban J connectivity index is 1.15. The second kappa shape index (κ2) is 13.6. The summed E-state index contributed by atoms with van der Waals surface area (Å²) in [5.41, 5.74) is 12.9. The van der Waals surface area contributed by atoms with Crippen LogP contribution in [0.4, 0.5) is 0 Å². The van der Waals surface area contributed by atoms with Crippen LogP contribution >= 0.6 is 0 Å². The molecular formula is C59H36N2O. The molecule has 0 N–H and O–H groups in total. The van der Waals surface area contributed by atoms with E-state index in [0.717, 1.165) is 61.3 Å². The molecule has 3 heteroatoms. The Morgan fingerprint density at radius 1 is 0.323 bits per heavy atom. The van der Waals surface area contributed by atoms with Gasteiger partial charge in [-0.3, -0.25) is 0 Å². The molecule has 0 saturated carbocycles. The average molecular weight is 789 g/mol.